The van der Waals surface area contributed by atoms with Crippen LogP contribution in [0.3, 0.4) is 0 Å². The Labute approximate surface area is 235 Å². The number of carbonyl (C=O) groups excluding carboxylic acids is 2. The third-order valence-electron chi connectivity index (χ3n) is 5.62. The van der Waals surface area contributed by atoms with Crippen LogP contribution in [0.1, 0.15) is 12.5 Å². The fourth-order valence-corrected chi connectivity index (χ4v) is 5.07. The zero-order valence-corrected chi connectivity index (χ0v) is 22.8. The van der Waals surface area contributed by atoms with E-state index in [9.17, 15) is 23.3 Å². The highest BCUT2D eigenvalue weighted by Gasteiger charge is 2.23. The lowest BCUT2D eigenvalue weighted by atomic mass is 10.1. The van der Waals surface area contributed by atoms with Crippen molar-refractivity contribution in [2.24, 2.45) is 0 Å². The van der Waals surface area contributed by atoms with Crippen molar-refractivity contribution in [3.63, 3.8) is 0 Å². The molecule has 2 amide bonds. The van der Waals surface area contributed by atoms with Crippen LogP contribution in [0.4, 0.5) is 11.4 Å². The maximum absolute atomic E-state index is 12.9. The number of carbonyl (C=O) groups is 2. The number of benzene rings is 4. The molecule has 4 aromatic carbocycles. The Hall–Kier alpha value is -4.85. The van der Waals surface area contributed by atoms with Crippen molar-refractivity contribution in [3.8, 4) is 17.6 Å². The summed E-state index contributed by atoms with van der Waals surface area (Å²) in [5.41, 5.74) is 1.04. The van der Waals surface area contributed by atoms with Gasteiger partial charge in [-0.15, -0.1) is 0 Å². The van der Waals surface area contributed by atoms with E-state index >= 15 is 0 Å². The first-order valence-corrected chi connectivity index (χ1v) is 13.5. The van der Waals surface area contributed by atoms with Gasteiger partial charge in [0.05, 0.1) is 12.1 Å². The summed E-state index contributed by atoms with van der Waals surface area (Å²) in [6.07, 6.45) is 1.30. The number of nitriles is 1. The Morgan fingerprint density at radius 1 is 0.975 bits per heavy atom. The fraction of sp³-hybridized carbons (Fsp3) is 0.0690. The van der Waals surface area contributed by atoms with E-state index in [1.54, 1.807) is 12.1 Å². The lowest BCUT2D eigenvalue weighted by molar-refractivity contribution is -0.114. The summed E-state index contributed by atoms with van der Waals surface area (Å²) in [4.78, 5) is 24.0. The van der Waals surface area contributed by atoms with Crippen molar-refractivity contribution in [3.05, 3.63) is 95.0 Å². The molecule has 0 atom stereocenters. The molecule has 4 rings (SSSR count). The van der Waals surface area contributed by atoms with Crippen LogP contribution >= 0.6 is 11.6 Å². The van der Waals surface area contributed by atoms with Gasteiger partial charge in [-0.25, -0.2) is 0 Å². The van der Waals surface area contributed by atoms with Crippen LogP contribution in [-0.4, -0.2) is 27.3 Å². The number of fused-ring (bicyclic) bond motifs is 1. The number of ether oxygens (including phenoxy) is 1. The molecule has 0 saturated carbocycles. The Kier molecular flexibility index (Phi) is 8.38. The molecule has 0 unspecified atom stereocenters. The number of hydrogen-bond acceptors (Lipinski definition) is 7. The Morgan fingerprint density at radius 2 is 1.68 bits per heavy atom. The van der Waals surface area contributed by atoms with Crippen LogP contribution in [-0.2, 0) is 19.7 Å². The molecule has 0 saturated heterocycles. The first-order chi connectivity index (χ1) is 19.1. The van der Waals surface area contributed by atoms with Crippen molar-refractivity contribution in [1.82, 2.24) is 0 Å². The molecule has 0 aliphatic rings. The summed E-state index contributed by atoms with van der Waals surface area (Å²) in [6.45, 7) is 1.33. The molecular formula is C29H22ClN3O6S. The summed E-state index contributed by atoms with van der Waals surface area (Å²) < 4.78 is 36.4. The van der Waals surface area contributed by atoms with Crippen LogP contribution in [0, 0.1) is 11.3 Å². The van der Waals surface area contributed by atoms with Gasteiger partial charge in [0, 0.05) is 23.7 Å². The average molecular weight is 576 g/mol. The molecule has 9 nitrogen and oxygen atoms in total. The van der Waals surface area contributed by atoms with E-state index in [1.165, 1.54) is 56.5 Å². The first kappa shape index (κ1) is 28.2. The molecular weight excluding hydrogens is 554 g/mol. The van der Waals surface area contributed by atoms with E-state index in [-0.39, 0.29) is 32.9 Å². The second-order valence-electron chi connectivity index (χ2n) is 8.43. The number of rotatable bonds is 8. The SMILES string of the molecule is COc1cc(/C=C(\C#N)C(=O)Nc2cccc3ccccc23)cc(Cl)c1OS(=O)(=O)c1ccc(NC(C)=O)cc1. The fourth-order valence-electron chi connectivity index (χ4n) is 3.81. The van der Waals surface area contributed by atoms with Crippen molar-refractivity contribution < 1.29 is 26.9 Å². The Balaban J connectivity index is 1.60. The summed E-state index contributed by atoms with van der Waals surface area (Å²) >= 11 is 6.36. The highest BCUT2D eigenvalue weighted by Crippen LogP contribution is 2.39. The van der Waals surface area contributed by atoms with Gasteiger partial charge in [-0.1, -0.05) is 48.0 Å². The second-order valence-corrected chi connectivity index (χ2v) is 10.4. The number of hydrogen-bond donors (Lipinski definition) is 2. The third-order valence-corrected chi connectivity index (χ3v) is 7.14. The van der Waals surface area contributed by atoms with E-state index in [0.29, 0.717) is 16.9 Å². The van der Waals surface area contributed by atoms with Crippen LogP contribution in [0.5, 0.6) is 11.5 Å². The summed E-state index contributed by atoms with van der Waals surface area (Å²) in [6, 6.07) is 22.9. The highest BCUT2D eigenvalue weighted by atomic mass is 35.5. The number of nitrogens with one attached hydrogen (secondary N) is 2. The van der Waals surface area contributed by atoms with E-state index in [2.05, 4.69) is 10.6 Å². The van der Waals surface area contributed by atoms with Gasteiger partial charge in [-0.05, 0) is 59.5 Å². The maximum Gasteiger partial charge on any atom is 0.339 e. The van der Waals surface area contributed by atoms with E-state index in [1.807, 2.05) is 36.4 Å². The van der Waals surface area contributed by atoms with Gasteiger partial charge < -0.3 is 19.6 Å². The first-order valence-electron chi connectivity index (χ1n) is 11.7. The van der Waals surface area contributed by atoms with Gasteiger partial charge in [0.1, 0.15) is 16.5 Å². The van der Waals surface area contributed by atoms with Crippen LogP contribution in [0.25, 0.3) is 16.8 Å². The lowest BCUT2D eigenvalue weighted by Crippen LogP contribution is -2.13. The van der Waals surface area contributed by atoms with Crippen LogP contribution in [0.15, 0.2) is 89.3 Å². The molecule has 40 heavy (non-hydrogen) atoms. The predicted molar refractivity (Wildman–Crippen MR) is 153 cm³/mol. The van der Waals surface area contributed by atoms with Gasteiger partial charge in [0.25, 0.3) is 5.91 Å². The van der Waals surface area contributed by atoms with Gasteiger partial charge in [-0.2, -0.15) is 13.7 Å². The van der Waals surface area contributed by atoms with Gasteiger partial charge >= 0.3 is 10.1 Å². The van der Waals surface area contributed by atoms with Crippen molar-refractivity contribution in [1.29, 1.82) is 5.26 Å². The zero-order chi connectivity index (χ0) is 28.9. The minimum absolute atomic E-state index is 0.0380. The minimum atomic E-state index is -4.33. The third kappa shape index (κ3) is 6.40. The van der Waals surface area contributed by atoms with Crippen LogP contribution < -0.4 is 19.6 Å². The molecule has 2 N–H and O–H groups in total. The van der Waals surface area contributed by atoms with E-state index in [0.717, 1.165) is 10.8 Å². The molecule has 0 bridgehead atoms. The summed E-state index contributed by atoms with van der Waals surface area (Å²) in [5, 5.41) is 16.6. The number of halogens is 1. The lowest BCUT2D eigenvalue weighted by Gasteiger charge is -2.14. The molecule has 202 valence electrons. The van der Waals surface area contributed by atoms with Crippen molar-refractivity contribution in [2.45, 2.75) is 11.8 Å². The monoisotopic (exact) mass is 575 g/mol. The molecule has 0 aromatic heterocycles. The minimum Gasteiger partial charge on any atom is -0.493 e. The molecule has 4 aromatic rings. The summed E-state index contributed by atoms with van der Waals surface area (Å²) in [7, 11) is -3.04. The highest BCUT2D eigenvalue weighted by molar-refractivity contribution is 7.87. The number of anilines is 2. The molecule has 0 radical (unpaired) electrons. The Morgan fingerprint density at radius 3 is 2.35 bits per heavy atom. The van der Waals surface area contributed by atoms with Crippen LogP contribution in [0.2, 0.25) is 5.02 Å². The van der Waals surface area contributed by atoms with Crippen molar-refractivity contribution in [2.75, 3.05) is 17.7 Å². The van der Waals surface area contributed by atoms with Gasteiger partial charge in [0.2, 0.25) is 11.7 Å². The molecule has 0 spiro atoms. The van der Waals surface area contributed by atoms with Crippen molar-refractivity contribution >= 4 is 61.8 Å². The largest absolute Gasteiger partial charge is 0.493 e. The number of methoxy groups -OCH3 is 1. The number of nitrogens with zero attached hydrogens (tertiary/aromatic N) is 1. The average Bonchev–Trinajstić information content (AvgIpc) is 2.93. The van der Waals surface area contributed by atoms with E-state index in [4.69, 9.17) is 20.5 Å². The topological polar surface area (TPSA) is 135 Å². The quantitative estimate of drug-likeness (QED) is 0.155. The molecule has 0 heterocycles. The van der Waals surface area contributed by atoms with Gasteiger partial charge in [-0.3, -0.25) is 9.59 Å². The molecule has 11 heteroatoms. The molecule has 0 aliphatic heterocycles. The van der Waals surface area contributed by atoms with E-state index < -0.39 is 16.0 Å². The molecule has 0 fully saturated rings. The predicted octanol–water partition coefficient (Wildman–Crippen LogP) is 5.77. The normalized spacial score (nSPS) is 11.4. The van der Waals surface area contributed by atoms with Gasteiger partial charge in [0.15, 0.2) is 5.75 Å². The zero-order valence-electron chi connectivity index (χ0n) is 21.3. The molecule has 0 aliphatic carbocycles. The standard InChI is InChI=1S/C29H22ClN3O6S/c1-18(34)32-22-10-12-23(13-11-22)40(36,37)39-28-25(30)15-19(16-27(28)38-2)14-21(17-31)29(35)33-26-9-5-7-20-6-3-4-8-24(20)26/h3-16H,1-2H3,(H,32,34)(H,33,35)/b21-14+. The number of amides is 2. The smallest absolute Gasteiger partial charge is 0.339 e. The maximum atomic E-state index is 12.9. The Bertz CT molecular complexity index is 1790. The second kappa shape index (κ2) is 11.9. The summed E-state index contributed by atoms with van der Waals surface area (Å²) in [5.74, 6) is -1.25.